The van der Waals surface area contributed by atoms with Gasteiger partial charge in [-0.25, -0.2) is 0 Å². The van der Waals surface area contributed by atoms with Crippen molar-refractivity contribution in [2.45, 2.75) is 2.14 Å². The van der Waals surface area contributed by atoms with E-state index in [-0.39, 0.29) is 5.75 Å². The minimum atomic E-state index is -0.547. The summed E-state index contributed by atoms with van der Waals surface area (Å²) in [5, 5.41) is 9.53. The van der Waals surface area contributed by atoms with Crippen LogP contribution in [0.1, 0.15) is 5.56 Å². The fraction of sp³-hybridized carbons (Fsp3) is 0.143. The largest absolute Gasteiger partial charge is 0.508 e. The van der Waals surface area contributed by atoms with Crippen molar-refractivity contribution < 1.29 is 5.11 Å². The molecule has 0 aliphatic carbocycles. The Balaban J connectivity index is 3.31. The van der Waals surface area contributed by atoms with E-state index >= 15 is 0 Å². The molecule has 0 atom stereocenters. The number of phenols is 1. The summed E-state index contributed by atoms with van der Waals surface area (Å²) < 4.78 is 0.438. The van der Waals surface area contributed by atoms with Crippen molar-refractivity contribution in [1.29, 1.82) is 0 Å². The molecule has 1 aromatic rings. The topological polar surface area (TPSA) is 20.2 Å². The Morgan fingerprint density at radius 1 is 1.25 bits per heavy atom. The van der Waals surface area contributed by atoms with Crippen molar-refractivity contribution in [1.82, 2.24) is 0 Å². The molecule has 0 heterocycles. The van der Waals surface area contributed by atoms with Crippen LogP contribution in [0.2, 0.25) is 0 Å². The van der Waals surface area contributed by atoms with E-state index in [2.05, 4.69) is 70.4 Å². The van der Waals surface area contributed by atoms with Gasteiger partial charge in [0.2, 0.25) is 0 Å². The maximum atomic E-state index is 9.53. The molecule has 1 aromatic carbocycles. The van der Waals surface area contributed by atoms with Crippen LogP contribution in [0.25, 0.3) is 0 Å². The quantitative estimate of drug-likeness (QED) is 0.443. The molecule has 0 fully saturated rings. The highest BCUT2D eigenvalue weighted by molar-refractivity contribution is 14.1. The van der Waals surface area contributed by atoms with Gasteiger partial charge in [0.25, 0.3) is 0 Å². The molecule has 5 heteroatoms. The van der Waals surface area contributed by atoms with E-state index < -0.39 is 2.14 Å². The van der Waals surface area contributed by atoms with Gasteiger partial charge in [-0.3, -0.25) is 0 Å². The standard InChI is InChI=1S/C7H4Br3IO/c8-7(9,10)6-4(11)2-1-3-5(6)12/h1-3,12H. The fourth-order valence-corrected chi connectivity index (χ4v) is 4.04. The Hall–Kier alpha value is 1.19. The number of phenolic OH excluding ortho intramolecular Hbond substituents is 1. The van der Waals surface area contributed by atoms with Crippen molar-refractivity contribution in [2.75, 3.05) is 0 Å². The van der Waals surface area contributed by atoms with E-state index in [4.69, 9.17) is 0 Å². The molecule has 0 aliphatic heterocycles. The van der Waals surface area contributed by atoms with Crippen LogP contribution in [-0.2, 0) is 2.14 Å². The summed E-state index contributed by atoms with van der Waals surface area (Å²) in [5.74, 6) is 0.257. The zero-order valence-corrected chi connectivity index (χ0v) is 12.6. The summed E-state index contributed by atoms with van der Waals surface area (Å²) in [6, 6.07) is 5.38. The molecule has 0 spiro atoms. The van der Waals surface area contributed by atoms with Crippen LogP contribution in [0.4, 0.5) is 0 Å². The molecule has 1 nitrogen and oxygen atoms in total. The lowest BCUT2D eigenvalue weighted by atomic mass is 10.2. The first-order valence-corrected chi connectivity index (χ1v) is 6.43. The van der Waals surface area contributed by atoms with Crippen LogP contribution in [0.5, 0.6) is 5.75 Å². The Morgan fingerprint density at radius 2 is 1.83 bits per heavy atom. The van der Waals surface area contributed by atoms with Gasteiger partial charge in [-0.1, -0.05) is 53.9 Å². The molecule has 0 aromatic heterocycles. The van der Waals surface area contributed by atoms with Crippen LogP contribution in [0.3, 0.4) is 0 Å². The second kappa shape index (κ2) is 4.14. The summed E-state index contributed by atoms with van der Waals surface area (Å²) in [5.41, 5.74) is 0.783. The number of hydrogen-bond donors (Lipinski definition) is 1. The number of alkyl halides is 3. The highest BCUT2D eigenvalue weighted by Crippen LogP contribution is 2.49. The van der Waals surface area contributed by atoms with Gasteiger partial charge in [0, 0.05) is 9.13 Å². The molecule has 0 radical (unpaired) electrons. The monoisotopic (exact) mass is 468 g/mol. The van der Waals surface area contributed by atoms with Crippen LogP contribution < -0.4 is 0 Å². The first kappa shape index (κ1) is 11.3. The number of halogens is 4. The minimum absolute atomic E-state index is 0.257. The molecule has 0 bridgehead atoms. The Morgan fingerprint density at radius 3 is 2.17 bits per heavy atom. The zero-order chi connectivity index (χ0) is 9.35. The molecular formula is C7H4Br3IO. The first-order chi connectivity index (χ1) is 5.43. The van der Waals surface area contributed by atoms with Gasteiger partial charge in [0.1, 0.15) is 5.75 Å². The maximum absolute atomic E-state index is 9.53. The van der Waals surface area contributed by atoms with E-state index in [0.29, 0.717) is 0 Å². The summed E-state index contributed by atoms with van der Waals surface area (Å²) in [7, 11) is 0. The third kappa shape index (κ3) is 2.59. The van der Waals surface area contributed by atoms with Gasteiger partial charge in [-0.05, 0) is 34.7 Å². The summed E-state index contributed by atoms with van der Waals surface area (Å²) in [4.78, 5) is 0. The van der Waals surface area contributed by atoms with Crippen molar-refractivity contribution in [3.05, 3.63) is 27.3 Å². The molecule has 0 saturated heterocycles. The molecule has 0 aliphatic rings. The molecule has 66 valence electrons. The number of rotatable bonds is 0. The molecule has 0 amide bonds. The van der Waals surface area contributed by atoms with E-state index in [1.54, 1.807) is 12.1 Å². The number of aromatic hydroxyl groups is 1. The minimum Gasteiger partial charge on any atom is -0.508 e. The van der Waals surface area contributed by atoms with Gasteiger partial charge >= 0.3 is 0 Å². The molecular weight excluding hydrogens is 467 g/mol. The third-order valence-electron chi connectivity index (χ3n) is 1.28. The number of hydrogen-bond acceptors (Lipinski definition) is 1. The SMILES string of the molecule is Oc1cccc(I)c1C(Br)(Br)Br. The zero-order valence-electron chi connectivity index (χ0n) is 5.69. The van der Waals surface area contributed by atoms with Gasteiger partial charge in [0.05, 0.1) is 0 Å². The average Bonchev–Trinajstić information content (AvgIpc) is 1.82. The van der Waals surface area contributed by atoms with E-state index in [1.165, 1.54) is 0 Å². The van der Waals surface area contributed by atoms with Crippen molar-refractivity contribution in [3.63, 3.8) is 0 Å². The summed E-state index contributed by atoms with van der Waals surface area (Å²) >= 11 is 12.2. The van der Waals surface area contributed by atoms with Crippen LogP contribution in [0.15, 0.2) is 18.2 Å². The Labute approximate surface area is 109 Å². The molecule has 0 saturated carbocycles. The van der Waals surface area contributed by atoms with Crippen molar-refractivity contribution in [3.8, 4) is 5.75 Å². The summed E-state index contributed by atoms with van der Waals surface area (Å²) in [6.45, 7) is 0. The van der Waals surface area contributed by atoms with Crippen LogP contribution >= 0.6 is 70.4 Å². The van der Waals surface area contributed by atoms with E-state index in [1.807, 2.05) is 6.07 Å². The van der Waals surface area contributed by atoms with E-state index in [0.717, 1.165) is 9.13 Å². The van der Waals surface area contributed by atoms with Crippen molar-refractivity contribution >= 4 is 70.4 Å². The highest BCUT2D eigenvalue weighted by Gasteiger charge is 2.26. The molecule has 12 heavy (non-hydrogen) atoms. The van der Waals surface area contributed by atoms with E-state index in [9.17, 15) is 5.11 Å². The number of benzene rings is 1. The molecule has 1 N–H and O–H groups in total. The van der Waals surface area contributed by atoms with Gasteiger partial charge in [-0.15, -0.1) is 0 Å². The maximum Gasteiger partial charge on any atom is 0.164 e. The summed E-state index contributed by atoms with van der Waals surface area (Å²) in [6.07, 6.45) is 0. The lowest BCUT2D eigenvalue weighted by Crippen LogP contribution is -2.00. The molecule has 0 unspecified atom stereocenters. The Bertz CT molecular complexity index is 275. The van der Waals surface area contributed by atoms with Crippen molar-refractivity contribution in [2.24, 2.45) is 0 Å². The predicted molar refractivity (Wildman–Crippen MR) is 69.3 cm³/mol. The average molecular weight is 471 g/mol. The highest BCUT2D eigenvalue weighted by atomic mass is 127. The van der Waals surface area contributed by atoms with Gasteiger partial charge < -0.3 is 5.11 Å². The van der Waals surface area contributed by atoms with Crippen LogP contribution in [0, 0.1) is 3.57 Å². The third-order valence-corrected chi connectivity index (χ3v) is 3.36. The lowest BCUT2D eigenvalue weighted by molar-refractivity contribution is 0.469. The second-order valence-electron chi connectivity index (χ2n) is 2.13. The Kier molecular flexibility index (Phi) is 3.89. The molecule has 1 rings (SSSR count). The predicted octanol–water partition coefficient (Wildman–Crippen LogP) is 4.29. The first-order valence-electron chi connectivity index (χ1n) is 2.97. The normalized spacial score (nSPS) is 11.7. The second-order valence-corrected chi connectivity index (χ2v) is 10.1. The van der Waals surface area contributed by atoms with Gasteiger partial charge in [-0.2, -0.15) is 0 Å². The fourth-order valence-electron chi connectivity index (χ4n) is 0.793. The van der Waals surface area contributed by atoms with Crippen LogP contribution in [-0.4, -0.2) is 5.11 Å². The lowest BCUT2D eigenvalue weighted by Gasteiger charge is -2.15. The smallest absolute Gasteiger partial charge is 0.164 e. The van der Waals surface area contributed by atoms with Gasteiger partial charge in [0.15, 0.2) is 2.14 Å².